The van der Waals surface area contributed by atoms with E-state index in [4.69, 9.17) is 21.1 Å². The standard InChI is InChI=1S/C25H25ClN4O7S/c1-29-25(37-15-20(31)16-6-8-17(9-7-16)30(33)34)19(14-27-29)24(32)18-10-11-21(36-2)23(22(18)26)28-38(35)12-4-3-5-13-38/h6-11,14H,3-5,12-13,15H2,1-2H3. The predicted octanol–water partition coefficient (Wildman–Crippen LogP) is 4.77. The van der Waals surface area contributed by atoms with E-state index in [9.17, 15) is 23.9 Å². The van der Waals surface area contributed by atoms with Crippen molar-refractivity contribution in [1.29, 1.82) is 0 Å². The summed E-state index contributed by atoms with van der Waals surface area (Å²) in [6.45, 7) is -0.434. The Morgan fingerprint density at radius 1 is 1.13 bits per heavy atom. The first-order valence-corrected chi connectivity index (χ1v) is 13.9. The molecule has 0 aliphatic carbocycles. The van der Waals surface area contributed by atoms with Gasteiger partial charge in [0.1, 0.15) is 17.0 Å². The highest BCUT2D eigenvalue weighted by Gasteiger charge is 2.26. The van der Waals surface area contributed by atoms with E-state index < -0.39 is 32.8 Å². The second kappa shape index (κ2) is 11.3. The number of ketones is 2. The lowest BCUT2D eigenvalue weighted by Crippen LogP contribution is -2.16. The molecule has 38 heavy (non-hydrogen) atoms. The van der Waals surface area contributed by atoms with Crippen LogP contribution in [0.3, 0.4) is 0 Å². The van der Waals surface area contributed by atoms with Crippen LogP contribution < -0.4 is 9.47 Å². The van der Waals surface area contributed by atoms with Crippen molar-refractivity contribution in [2.75, 3.05) is 25.2 Å². The van der Waals surface area contributed by atoms with Crippen molar-refractivity contribution < 1.29 is 28.2 Å². The maximum Gasteiger partial charge on any atom is 0.269 e. The van der Waals surface area contributed by atoms with Gasteiger partial charge in [0.2, 0.25) is 11.7 Å². The Kier molecular flexibility index (Phi) is 8.12. The van der Waals surface area contributed by atoms with Crippen LogP contribution in [0, 0.1) is 10.1 Å². The summed E-state index contributed by atoms with van der Waals surface area (Å²) in [7, 11) is 0.459. The molecule has 11 nitrogen and oxygen atoms in total. The lowest BCUT2D eigenvalue weighted by atomic mass is 10.0. The van der Waals surface area contributed by atoms with Crippen LogP contribution in [0.15, 0.2) is 47.0 Å². The normalized spacial score (nSPS) is 14.5. The number of non-ortho nitro benzene ring substituents is 1. The second-order valence-corrected chi connectivity index (χ2v) is 11.6. The number of nitrogens with zero attached hydrogens (tertiary/aromatic N) is 4. The van der Waals surface area contributed by atoms with Gasteiger partial charge in [-0.15, -0.1) is 0 Å². The molecule has 0 bridgehead atoms. The molecule has 200 valence electrons. The van der Waals surface area contributed by atoms with E-state index in [0.29, 0.717) is 17.3 Å². The van der Waals surface area contributed by atoms with Gasteiger partial charge in [0.15, 0.2) is 12.4 Å². The highest BCUT2D eigenvalue weighted by molar-refractivity contribution is 7.93. The fourth-order valence-electron chi connectivity index (χ4n) is 4.05. The Balaban J connectivity index is 1.61. The summed E-state index contributed by atoms with van der Waals surface area (Å²) in [5.74, 6) is 0.269. The average molecular weight is 561 g/mol. The van der Waals surface area contributed by atoms with Crippen molar-refractivity contribution >= 4 is 44.3 Å². The number of ether oxygens (including phenoxy) is 2. The molecule has 0 unspecified atom stereocenters. The van der Waals surface area contributed by atoms with Crippen molar-refractivity contribution in [3.05, 3.63) is 74.4 Å². The molecule has 1 fully saturated rings. The van der Waals surface area contributed by atoms with Gasteiger partial charge >= 0.3 is 0 Å². The van der Waals surface area contributed by atoms with Crippen LogP contribution >= 0.6 is 11.6 Å². The molecule has 0 radical (unpaired) electrons. The van der Waals surface area contributed by atoms with Gasteiger partial charge in [-0.05, 0) is 37.1 Å². The minimum Gasteiger partial charge on any atom is -0.494 e. The van der Waals surface area contributed by atoms with E-state index in [1.807, 2.05) is 0 Å². The zero-order valence-electron chi connectivity index (χ0n) is 20.7. The Morgan fingerprint density at radius 3 is 2.45 bits per heavy atom. The first-order valence-electron chi connectivity index (χ1n) is 11.7. The van der Waals surface area contributed by atoms with Crippen molar-refractivity contribution in [1.82, 2.24) is 9.78 Å². The van der Waals surface area contributed by atoms with Crippen LogP contribution in [-0.4, -0.2) is 55.7 Å². The van der Waals surface area contributed by atoms with Gasteiger partial charge in [-0.2, -0.15) is 9.46 Å². The van der Waals surface area contributed by atoms with Crippen LogP contribution in [-0.2, 0) is 16.8 Å². The summed E-state index contributed by atoms with van der Waals surface area (Å²) in [6.07, 6.45) is 3.89. The van der Waals surface area contributed by atoms with Gasteiger partial charge in [-0.3, -0.25) is 19.7 Å². The molecule has 0 amide bonds. The molecule has 1 aliphatic heterocycles. The lowest BCUT2D eigenvalue weighted by molar-refractivity contribution is -0.384. The average Bonchev–Trinajstić information content (AvgIpc) is 3.28. The maximum atomic E-state index is 13.5. The Labute approximate surface area is 224 Å². The number of methoxy groups -OCH3 is 1. The summed E-state index contributed by atoms with van der Waals surface area (Å²) in [4.78, 5) is 36.4. The predicted molar refractivity (Wildman–Crippen MR) is 141 cm³/mol. The van der Waals surface area contributed by atoms with Gasteiger partial charge in [0.25, 0.3) is 5.69 Å². The summed E-state index contributed by atoms with van der Waals surface area (Å²) >= 11 is 6.63. The number of carbonyl (C=O) groups excluding carboxylic acids is 2. The molecule has 0 saturated carbocycles. The summed E-state index contributed by atoms with van der Waals surface area (Å²) in [5, 5.41) is 14.9. The van der Waals surface area contributed by atoms with Crippen LogP contribution in [0.1, 0.15) is 45.5 Å². The van der Waals surface area contributed by atoms with E-state index in [0.717, 1.165) is 19.3 Å². The first kappa shape index (κ1) is 27.3. The van der Waals surface area contributed by atoms with Crippen molar-refractivity contribution in [3.8, 4) is 11.6 Å². The van der Waals surface area contributed by atoms with Crippen molar-refractivity contribution in [2.45, 2.75) is 19.3 Å². The van der Waals surface area contributed by atoms with Gasteiger partial charge in [-0.1, -0.05) is 18.0 Å². The molecular formula is C25H25ClN4O7S. The number of benzene rings is 2. The Hall–Kier alpha value is -3.77. The number of carbonyl (C=O) groups is 2. The Bertz CT molecular complexity index is 1510. The number of aryl methyl sites for hydroxylation is 1. The molecule has 1 aromatic heterocycles. The summed E-state index contributed by atoms with van der Waals surface area (Å²) in [6, 6.07) is 8.13. The largest absolute Gasteiger partial charge is 0.494 e. The third-order valence-corrected chi connectivity index (χ3v) is 8.85. The first-order chi connectivity index (χ1) is 18.1. The number of aromatic nitrogens is 2. The number of halogens is 1. The molecule has 1 aliphatic rings. The van der Waals surface area contributed by atoms with Crippen molar-refractivity contribution in [3.63, 3.8) is 0 Å². The molecule has 0 N–H and O–H groups in total. The van der Waals surface area contributed by atoms with Crippen LogP contribution in [0.5, 0.6) is 11.6 Å². The van der Waals surface area contributed by atoms with Crippen molar-refractivity contribution in [2.24, 2.45) is 11.4 Å². The molecule has 1 saturated heterocycles. The SMILES string of the molecule is COc1ccc(C(=O)c2cnn(C)c2OCC(=O)c2ccc([N+](=O)[O-])cc2)c(Cl)c1N=S1(=O)CCCCC1. The molecule has 0 atom stereocenters. The van der Waals surface area contributed by atoms with Gasteiger partial charge in [0.05, 0.1) is 33.0 Å². The van der Waals surface area contributed by atoms with E-state index in [1.165, 1.54) is 48.3 Å². The fraction of sp³-hybridized carbons (Fsp3) is 0.320. The topological polar surface area (TPSA) is 143 Å². The molecule has 2 aromatic carbocycles. The molecule has 4 rings (SSSR count). The third kappa shape index (κ3) is 5.70. The van der Waals surface area contributed by atoms with E-state index >= 15 is 0 Å². The number of hydrogen-bond donors (Lipinski definition) is 0. The van der Waals surface area contributed by atoms with E-state index in [2.05, 4.69) is 9.46 Å². The van der Waals surface area contributed by atoms with Crippen LogP contribution in [0.2, 0.25) is 5.02 Å². The quantitative estimate of drug-likeness (QED) is 0.207. The second-order valence-electron chi connectivity index (χ2n) is 8.64. The van der Waals surface area contributed by atoms with Gasteiger partial charge < -0.3 is 9.47 Å². The zero-order valence-corrected chi connectivity index (χ0v) is 22.3. The summed E-state index contributed by atoms with van der Waals surface area (Å²) in [5.41, 5.74) is 0.379. The minimum atomic E-state index is -2.53. The Morgan fingerprint density at radius 2 is 1.82 bits per heavy atom. The van der Waals surface area contributed by atoms with Crippen LogP contribution in [0.4, 0.5) is 11.4 Å². The fourth-order valence-corrected chi connectivity index (χ4v) is 6.59. The molecule has 2 heterocycles. The number of nitro benzene ring substituents is 1. The monoisotopic (exact) mass is 560 g/mol. The lowest BCUT2D eigenvalue weighted by Gasteiger charge is -2.17. The third-order valence-electron chi connectivity index (χ3n) is 6.10. The maximum absolute atomic E-state index is 13.5. The zero-order chi connectivity index (χ0) is 27.4. The summed E-state index contributed by atoms with van der Waals surface area (Å²) < 4.78 is 30.1. The molecule has 0 spiro atoms. The highest BCUT2D eigenvalue weighted by atomic mass is 35.5. The smallest absolute Gasteiger partial charge is 0.269 e. The van der Waals surface area contributed by atoms with Gasteiger partial charge in [-0.25, -0.2) is 8.89 Å². The van der Waals surface area contributed by atoms with Crippen LogP contribution in [0.25, 0.3) is 0 Å². The number of hydrogen-bond acceptors (Lipinski definition) is 9. The number of nitro groups is 1. The molecule has 3 aromatic rings. The van der Waals surface area contributed by atoms with E-state index in [1.54, 1.807) is 13.1 Å². The molecular weight excluding hydrogens is 536 g/mol. The number of Topliss-reactive ketones (excluding diaryl/α,β-unsaturated/α-hetero) is 1. The molecule has 13 heteroatoms. The van der Waals surface area contributed by atoms with Gasteiger partial charge in [0, 0.05) is 41.8 Å². The minimum absolute atomic E-state index is 0.000548. The highest BCUT2D eigenvalue weighted by Crippen LogP contribution is 2.40. The van der Waals surface area contributed by atoms with E-state index in [-0.39, 0.29) is 39.0 Å². The number of rotatable bonds is 9.